The Labute approximate surface area is 229 Å². The van der Waals surface area contributed by atoms with Gasteiger partial charge in [-0.2, -0.15) is 0 Å². The number of pyridine rings is 5. The van der Waals surface area contributed by atoms with Crippen LogP contribution in [0.5, 0.6) is 0 Å². The minimum Gasteiger partial charge on any atom is -0.295 e. The van der Waals surface area contributed by atoms with Gasteiger partial charge in [0.1, 0.15) is 0 Å². The first-order valence-corrected chi connectivity index (χ1v) is 11.5. The summed E-state index contributed by atoms with van der Waals surface area (Å²) in [5.41, 5.74) is 7.05. The van der Waals surface area contributed by atoms with Crippen molar-refractivity contribution in [2.75, 3.05) is 0 Å². The summed E-state index contributed by atoms with van der Waals surface area (Å²) in [6.45, 7) is 0. The maximum atomic E-state index is 4.73. The summed E-state index contributed by atoms with van der Waals surface area (Å²) in [6.07, 6.45) is 5.31. The molecule has 5 aromatic heterocycles. The Morgan fingerprint density at radius 2 is 0.784 bits per heavy atom. The second-order valence-corrected chi connectivity index (χ2v) is 7.74. The molecule has 0 bridgehead atoms. The van der Waals surface area contributed by atoms with Gasteiger partial charge in [-0.25, -0.2) is 4.98 Å². The fraction of sp³-hybridized carbons (Fsp3) is 0. The van der Waals surface area contributed by atoms with Crippen LogP contribution in [0.25, 0.3) is 45.4 Å². The van der Waals surface area contributed by atoms with Gasteiger partial charge in [-0.3, -0.25) is 19.9 Å². The van der Waals surface area contributed by atoms with Crippen molar-refractivity contribution >= 4 is 0 Å². The Balaban J connectivity index is 0.000000208. The smallest absolute Gasteiger partial charge is 0.295 e. The Morgan fingerprint density at radius 3 is 1.24 bits per heavy atom. The van der Waals surface area contributed by atoms with Crippen LogP contribution in [0.4, 0.5) is 0 Å². The summed E-state index contributed by atoms with van der Waals surface area (Å²) >= 11 is 0. The molecule has 1 aromatic carbocycles. The maximum absolute atomic E-state index is 4.73. The zero-order valence-electron chi connectivity index (χ0n) is 19.8. The molecule has 6 aromatic rings. The van der Waals surface area contributed by atoms with E-state index in [1.54, 1.807) is 18.6 Å². The molecule has 6 heteroatoms. The van der Waals surface area contributed by atoms with Gasteiger partial charge in [-0.05, 0) is 60.3 Å². The monoisotopic (exact) mass is 656 g/mol. The normalized spacial score (nSPS) is 9.95. The Kier molecular flexibility index (Phi) is 9.07. The molecule has 0 amide bonds. The molecule has 5 nitrogen and oxygen atoms in total. The first-order chi connectivity index (χ1) is 17.9. The number of rotatable bonds is 4. The summed E-state index contributed by atoms with van der Waals surface area (Å²) in [5.74, 6) is 0. The zero-order chi connectivity index (χ0) is 24.4. The van der Waals surface area contributed by atoms with Crippen molar-refractivity contribution in [2.45, 2.75) is 0 Å². The summed E-state index contributed by atoms with van der Waals surface area (Å²) in [6, 6.07) is 40.3. The van der Waals surface area contributed by atoms with E-state index in [4.69, 9.17) is 9.97 Å². The van der Waals surface area contributed by atoms with Crippen LogP contribution in [0, 0.1) is 6.07 Å². The van der Waals surface area contributed by atoms with Gasteiger partial charge in [0.05, 0.1) is 34.2 Å². The van der Waals surface area contributed by atoms with Crippen LogP contribution in [-0.2, 0) is 19.8 Å². The Bertz CT molecular complexity index is 1390. The topological polar surface area (TPSA) is 64.5 Å². The van der Waals surface area contributed by atoms with E-state index in [1.807, 2.05) is 115 Å². The largest absolute Gasteiger partial charge is 1.00 e. The van der Waals surface area contributed by atoms with Gasteiger partial charge in [0, 0.05) is 18.6 Å². The molecule has 1 radical (unpaired) electrons. The van der Waals surface area contributed by atoms with Crippen molar-refractivity contribution in [3.8, 4) is 45.4 Å². The number of hydrogen-bond acceptors (Lipinski definition) is 5. The molecule has 0 fully saturated rings. The first-order valence-electron chi connectivity index (χ1n) is 11.5. The van der Waals surface area contributed by atoms with E-state index in [0.717, 1.165) is 45.4 Å². The minimum absolute atomic E-state index is 0. The molecular weight excluding hydrogens is 633 g/mol. The zero-order valence-corrected chi connectivity index (χ0v) is 22.3. The van der Waals surface area contributed by atoms with Crippen molar-refractivity contribution in [3.63, 3.8) is 0 Å². The van der Waals surface area contributed by atoms with Crippen LogP contribution in [-0.4, -0.2) is 24.9 Å². The van der Waals surface area contributed by atoms with Gasteiger partial charge in [0.2, 0.25) is 0 Å². The molecular formula is C31H22N5Os. The van der Waals surface area contributed by atoms with Crippen molar-refractivity contribution in [2.24, 2.45) is 0 Å². The quantitative estimate of drug-likeness (QED) is 0.196. The standard InChI is InChI=1S/C21H14N3.C10H8N2.Os/c1-2-8-16(9-3-1)17-11-6-13-20(23-17)21-14-7-12-19(24-21)18-10-4-5-15-22-18;1-3-7-11-9(5-1)10-6-2-4-8-12-10;/h1-8,10-15H;1-8H;/q-1;;+1. The van der Waals surface area contributed by atoms with Gasteiger partial charge in [0.15, 0.2) is 0 Å². The predicted octanol–water partition coefficient (Wildman–Crippen LogP) is 6.81. The van der Waals surface area contributed by atoms with Crippen LogP contribution in [0.3, 0.4) is 0 Å². The van der Waals surface area contributed by atoms with Gasteiger partial charge >= 0.3 is 19.8 Å². The van der Waals surface area contributed by atoms with Crippen molar-refractivity contribution < 1.29 is 19.8 Å². The van der Waals surface area contributed by atoms with E-state index < -0.39 is 0 Å². The van der Waals surface area contributed by atoms with E-state index in [1.165, 1.54) is 0 Å². The molecule has 0 saturated heterocycles. The molecule has 0 spiro atoms. The average Bonchev–Trinajstić information content (AvgIpc) is 2.99. The van der Waals surface area contributed by atoms with Crippen LogP contribution >= 0.6 is 0 Å². The molecule has 0 N–H and O–H groups in total. The number of hydrogen-bond donors (Lipinski definition) is 0. The van der Waals surface area contributed by atoms with Gasteiger partial charge in [-0.1, -0.05) is 36.4 Å². The van der Waals surface area contributed by atoms with Gasteiger partial charge in [0.25, 0.3) is 0 Å². The third kappa shape index (κ3) is 6.85. The molecule has 0 aliphatic rings. The number of nitrogens with zero attached hydrogens (tertiary/aromatic N) is 5. The molecule has 0 aliphatic heterocycles. The van der Waals surface area contributed by atoms with Crippen molar-refractivity contribution in [1.82, 2.24) is 24.9 Å². The van der Waals surface area contributed by atoms with Crippen LogP contribution in [0.1, 0.15) is 0 Å². The number of benzene rings is 1. The Hall–Kier alpha value is -4.39. The molecule has 37 heavy (non-hydrogen) atoms. The summed E-state index contributed by atoms with van der Waals surface area (Å²) in [5, 5.41) is 0. The molecule has 6 rings (SSSR count). The van der Waals surface area contributed by atoms with Crippen LogP contribution in [0.15, 0.2) is 134 Å². The van der Waals surface area contributed by atoms with Crippen molar-refractivity contribution in [3.05, 3.63) is 140 Å². The van der Waals surface area contributed by atoms with Crippen molar-refractivity contribution in [1.29, 1.82) is 0 Å². The predicted molar refractivity (Wildman–Crippen MR) is 142 cm³/mol. The van der Waals surface area contributed by atoms with Gasteiger partial charge in [-0.15, -0.1) is 35.9 Å². The number of aromatic nitrogens is 5. The third-order valence-electron chi connectivity index (χ3n) is 5.27. The average molecular weight is 655 g/mol. The first kappa shape index (κ1) is 25.7. The van der Waals surface area contributed by atoms with Gasteiger partial charge < -0.3 is 0 Å². The van der Waals surface area contributed by atoms with Crippen LogP contribution in [0.2, 0.25) is 0 Å². The minimum atomic E-state index is 0. The molecule has 0 atom stereocenters. The second-order valence-electron chi connectivity index (χ2n) is 7.74. The van der Waals surface area contributed by atoms with E-state index in [2.05, 4.69) is 21.0 Å². The summed E-state index contributed by atoms with van der Waals surface area (Å²) in [7, 11) is 0. The summed E-state index contributed by atoms with van der Waals surface area (Å²) in [4.78, 5) is 22.2. The maximum Gasteiger partial charge on any atom is 1.00 e. The summed E-state index contributed by atoms with van der Waals surface area (Å²) < 4.78 is 0. The van der Waals surface area contributed by atoms with E-state index in [0.29, 0.717) is 0 Å². The SMILES string of the molecule is [Os+].[c-]1ccccc1-c1cccc(-c2cccc(-c3ccccn3)n2)n1.c1ccc(-c2ccccn2)nc1. The van der Waals surface area contributed by atoms with E-state index >= 15 is 0 Å². The van der Waals surface area contributed by atoms with E-state index in [-0.39, 0.29) is 19.8 Å². The van der Waals surface area contributed by atoms with Crippen LogP contribution < -0.4 is 0 Å². The molecule has 179 valence electrons. The third-order valence-corrected chi connectivity index (χ3v) is 5.27. The fourth-order valence-corrected chi connectivity index (χ4v) is 3.54. The molecule has 0 aliphatic carbocycles. The molecule has 0 saturated carbocycles. The van der Waals surface area contributed by atoms with E-state index in [9.17, 15) is 0 Å². The molecule has 5 heterocycles. The Morgan fingerprint density at radius 1 is 0.378 bits per heavy atom. The second kappa shape index (κ2) is 13.1. The molecule has 0 unspecified atom stereocenters. The fourth-order valence-electron chi connectivity index (χ4n) is 3.54.